The highest BCUT2D eigenvalue weighted by Crippen LogP contribution is 2.16. The van der Waals surface area contributed by atoms with Gasteiger partial charge in [0, 0.05) is 25.8 Å². The topological polar surface area (TPSA) is 68.0 Å². The first-order valence-corrected chi connectivity index (χ1v) is 8.50. The molecule has 0 aliphatic heterocycles. The zero-order chi connectivity index (χ0) is 17.9. The maximum absolute atomic E-state index is 5.66. The van der Waals surface area contributed by atoms with Crippen molar-refractivity contribution < 1.29 is 13.9 Å². The highest BCUT2D eigenvalue weighted by molar-refractivity contribution is 5.93. The van der Waals surface area contributed by atoms with Crippen LogP contribution >= 0.6 is 0 Å². The van der Waals surface area contributed by atoms with Crippen LogP contribution in [-0.2, 0) is 11.2 Å². The minimum absolute atomic E-state index is 0.160. The molecule has 0 fully saturated rings. The number of methoxy groups -OCH3 is 1. The molecule has 2 aromatic rings. The Kier molecular flexibility index (Phi) is 7.85. The number of benzene rings is 1. The predicted molar refractivity (Wildman–Crippen MR) is 100 cm³/mol. The summed E-state index contributed by atoms with van der Waals surface area (Å²) in [7, 11) is 1.67. The molecule has 0 unspecified atom stereocenters. The highest BCUT2D eigenvalue weighted by Gasteiger charge is 2.03. The lowest BCUT2D eigenvalue weighted by molar-refractivity contribution is 0.208. The summed E-state index contributed by atoms with van der Waals surface area (Å²) in [4.78, 5) is 4.51. The van der Waals surface area contributed by atoms with Gasteiger partial charge < -0.3 is 24.5 Å². The second kappa shape index (κ2) is 10.4. The molecule has 0 bridgehead atoms. The van der Waals surface area contributed by atoms with Crippen LogP contribution in [0.5, 0.6) is 5.75 Å². The number of nitrogens with zero attached hydrogens (tertiary/aromatic N) is 1. The molecule has 2 N–H and O–H groups in total. The zero-order valence-corrected chi connectivity index (χ0v) is 15.1. The normalized spacial score (nSPS) is 11.6. The van der Waals surface area contributed by atoms with Gasteiger partial charge in [0.15, 0.2) is 5.96 Å². The third-order valence-electron chi connectivity index (χ3n) is 3.30. The summed E-state index contributed by atoms with van der Waals surface area (Å²) >= 11 is 0. The van der Waals surface area contributed by atoms with Gasteiger partial charge in [-0.3, -0.25) is 4.99 Å². The summed E-state index contributed by atoms with van der Waals surface area (Å²) in [6.07, 6.45) is 2.63. The van der Waals surface area contributed by atoms with E-state index in [2.05, 4.69) is 15.6 Å². The summed E-state index contributed by atoms with van der Waals surface area (Å²) in [6, 6.07) is 11.7. The standard InChI is InChI=1S/C19H27N3O3/c1-15(2)25-18-8-6-16(7-9-18)22-19(21-12-14-23-3)20-11-10-17-5-4-13-24-17/h4-9,13,15H,10-12,14H2,1-3H3,(H2,20,21,22). The molecular weight excluding hydrogens is 318 g/mol. The van der Waals surface area contributed by atoms with Crippen molar-refractivity contribution in [1.82, 2.24) is 5.32 Å². The fourth-order valence-electron chi connectivity index (χ4n) is 2.17. The number of guanidine groups is 1. The Balaban J connectivity index is 1.91. The van der Waals surface area contributed by atoms with Crippen molar-refractivity contribution in [2.24, 2.45) is 4.99 Å². The molecule has 136 valence electrons. The molecule has 0 atom stereocenters. The van der Waals surface area contributed by atoms with Gasteiger partial charge in [-0.25, -0.2) is 0 Å². The Labute approximate surface area is 149 Å². The molecular formula is C19H27N3O3. The van der Waals surface area contributed by atoms with E-state index in [0.717, 1.165) is 30.2 Å². The van der Waals surface area contributed by atoms with E-state index in [1.165, 1.54) is 0 Å². The highest BCUT2D eigenvalue weighted by atomic mass is 16.5. The number of nitrogens with one attached hydrogen (secondary N) is 2. The fourth-order valence-corrected chi connectivity index (χ4v) is 2.17. The lowest BCUT2D eigenvalue weighted by atomic mass is 10.3. The number of furan rings is 1. The molecule has 0 radical (unpaired) electrons. The summed E-state index contributed by atoms with van der Waals surface area (Å²) in [5.74, 6) is 2.50. The minimum Gasteiger partial charge on any atom is -0.491 e. The first-order valence-electron chi connectivity index (χ1n) is 8.50. The molecule has 25 heavy (non-hydrogen) atoms. The van der Waals surface area contributed by atoms with Crippen LogP contribution in [0.3, 0.4) is 0 Å². The van der Waals surface area contributed by atoms with Gasteiger partial charge >= 0.3 is 0 Å². The second-order valence-corrected chi connectivity index (χ2v) is 5.80. The van der Waals surface area contributed by atoms with E-state index >= 15 is 0 Å². The van der Waals surface area contributed by atoms with Crippen LogP contribution < -0.4 is 15.4 Å². The Morgan fingerprint density at radius 2 is 2.00 bits per heavy atom. The van der Waals surface area contributed by atoms with Gasteiger partial charge in [0.05, 0.1) is 25.5 Å². The van der Waals surface area contributed by atoms with Crippen molar-refractivity contribution >= 4 is 11.6 Å². The first-order chi connectivity index (χ1) is 12.2. The monoisotopic (exact) mass is 345 g/mol. The van der Waals surface area contributed by atoms with Gasteiger partial charge in [-0.2, -0.15) is 0 Å². The smallest absolute Gasteiger partial charge is 0.195 e. The Hall–Kier alpha value is -2.47. The van der Waals surface area contributed by atoms with Crippen molar-refractivity contribution in [1.29, 1.82) is 0 Å². The predicted octanol–water partition coefficient (Wildman–Crippen LogP) is 3.31. The average molecular weight is 345 g/mol. The molecule has 1 aromatic carbocycles. The largest absolute Gasteiger partial charge is 0.491 e. The third-order valence-corrected chi connectivity index (χ3v) is 3.30. The molecule has 0 saturated heterocycles. The lowest BCUT2D eigenvalue weighted by Gasteiger charge is -2.14. The third kappa shape index (κ3) is 7.30. The number of hydrogen-bond donors (Lipinski definition) is 2. The molecule has 6 heteroatoms. The number of ether oxygens (including phenoxy) is 2. The number of hydrogen-bond acceptors (Lipinski definition) is 4. The van der Waals surface area contributed by atoms with Gasteiger partial charge in [-0.1, -0.05) is 0 Å². The van der Waals surface area contributed by atoms with E-state index in [9.17, 15) is 0 Å². The van der Waals surface area contributed by atoms with Crippen LogP contribution in [-0.4, -0.2) is 38.9 Å². The van der Waals surface area contributed by atoms with Gasteiger partial charge in [0.1, 0.15) is 11.5 Å². The van der Waals surface area contributed by atoms with Gasteiger partial charge in [0.25, 0.3) is 0 Å². The van der Waals surface area contributed by atoms with Crippen LogP contribution in [0.1, 0.15) is 19.6 Å². The van der Waals surface area contributed by atoms with E-state index in [1.54, 1.807) is 13.4 Å². The van der Waals surface area contributed by atoms with E-state index < -0.39 is 0 Å². The summed E-state index contributed by atoms with van der Waals surface area (Å²) in [5, 5.41) is 6.60. The average Bonchev–Trinajstić information content (AvgIpc) is 3.09. The fraction of sp³-hybridized carbons (Fsp3) is 0.421. The Bertz CT molecular complexity index is 622. The van der Waals surface area contributed by atoms with E-state index in [-0.39, 0.29) is 6.10 Å². The quantitative estimate of drug-likeness (QED) is 0.415. The molecule has 1 aromatic heterocycles. The lowest BCUT2D eigenvalue weighted by Crippen LogP contribution is -2.32. The SMILES string of the molecule is COCCN=C(NCCc1ccco1)Nc1ccc(OC(C)C)cc1. The summed E-state index contributed by atoms with van der Waals surface area (Å²) in [5.41, 5.74) is 0.942. The molecule has 0 amide bonds. The van der Waals surface area contributed by atoms with Crippen LogP contribution in [0.2, 0.25) is 0 Å². The first kappa shape index (κ1) is 18.9. The zero-order valence-electron chi connectivity index (χ0n) is 15.1. The molecule has 1 heterocycles. The Morgan fingerprint density at radius 3 is 2.64 bits per heavy atom. The molecule has 6 nitrogen and oxygen atoms in total. The van der Waals surface area contributed by atoms with Crippen molar-refractivity contribution in [2.45, 2.75) is 26.4 Å². The molecule has 0 aliphatic carbocycles. The maximum atomic E-state index is 5.66. The van der Waals surface area contributed by atoms with Crippen molar-refractivity contribution in [3.63, 3.8) is 0 Å². The van der Waals surface area contributed by atoms with Gasteiger partial charge in [0.2, 0.25) is 0 Å². The van der Waals surface area contributed by atoms with E-state index in [1.807, 2.05) is 50.2 Å². The molecule has 0 spiro atoms. The Morgan fingerprint density at radius 1 is 1.20 bits per heavy atom. The van der Waals surface area contributed by atoms with Crippen LogP contribution in [0.4, 0.5) is 5.69 Å². The molecule has 0 saturated carbocycles. The van der Waals surface area contributed by atoms with Crippen molar-refractivity contribution in [3.05, 3.63) is 48.4 Å². The van der Waals surface area contributed by atoms with Gasteiger partial charge in [-0.05, 0) is 50.2 Å². The minimum atomic E-state index is 0.160. The van der Waals surface area contributed by atoms with Gasteiger partial charge in [-0.15, -0.1) is 0 Å². The van der Waals surface area contributed by atoms with Crippen molar-refractivity contribution in [3.8, 4) is 5.75 Å². The number of anilines is 1. The molecule has 2 rings (SSSR count). The maximum Gasteiger partial charge on any atom is 0.195 e. The van der Waals surface area contributed by atoms with E-state index in [4.69, 9.17) is 13.9 Å². The summed E-state index contributed by atoms with van der Waals surface area (Å²) < 4.78 is 16.1. The second-order valence-electron chi connectivity index (χ2n) is 5.80. The number of aliphatic imine (C=N–C) groups is 1. The summed E-state index contributed by atoms with van der Waals surface area (Å²) in [6.45, 7) is 5.90. The number of rotatable bonds is 9. The molecule has 0 aliphatic rings. The van der Waals surface area contributed by atoms with Crippen LogP contribution in [0.15, 0.2) is 52.1 Å². The van der Waals surface area contributed by atoms with Crippen LogP contribution in [0.25, 0.3) is 0 Å². The van der Waals surface area contributed by atoms with Crippen LogP contribution in [0, 0.1) is 0 Å². The van der Waals surface area contributed by atoms with E-state index in [0.29, 0.717) is 19.1 Å². The van der Waals surface area contributed by atoms with Crippen molar-refractivity contribution in [2.75, 3.05) is 32.1 Å².